The Kier molecular flexibility index (Phi) is 3.33. The van der Waals surface area contributed by atoms with E-state index in [2.05, 4.69) is 10.3 Å². The van der Waals surface area contributed by atoms with E-state index < -0.39 is 0 Å². The van der Waals surface area contributed by atoms with Gasteiger partial charge < -0.3 is 5.32 Å². The second kappa shape index (κ2) is 5.69. The molecular weight excluding hydrogens is 312 g/mol. The number of nitrogens with one attached hydrogen (secondary N) is 1. The maximum Gasteiger partial charge on any atom is 0.252 e. The Morgan fingerprint density at radius 2 is 1.92 bits per heavy atom. The van der Waals surface area contributed by atoms with Gasteiger partial charge in [-0.25, -0.2) is 4.98 Å². The molecule has 2 aliphatic carbocycles. The first-order valence-electron chi connectivity index (χ1n) is 8.98. The number of fused-ring (bicyclic) bond motifs is 3. The lowest BCUT2D eigenvalue weighted by Gasteiger charge is -2.25. The van der Waals surface area contributed by atoms with Crippen molar-refractivity contribution >= 4 is 22.7 Å². The molecule has 1 aromatic carbocycles. The zero-order chi connectivity index (χ0) is 16.8. The Morgan fingerprint density at radius 1 is 1.04 bits per heavy atom. The summed E-state index contributed by atoms with van der Waals surface area (Å²) < 4.78 is 1.93. The van der Waals surface area contributed by atoms with Crippen LogP contribution in [0.2, 0.25) is 0 Å². The van der Waals surface area contributed by atoms with Gasteiger partial charge in [0.25, 0.3) is 5.56 Å². The van der Waals surface area contributed by atoms with Gasteiger partial charge >= 0.3 is 0 Å². The fraction of sp³-hybridized carbons (Fsp3) is 0.350. The summed E-state index contributed by atoms with van der Waals surface area (Å²) in [4.78, 5) is 21.8. The molecule has 0 aliphatic heterocycles. The Hall–Kier alpha value is -2.69. The summed E-state index contributed by atoms with van der Waals surface area (Å²) in [6.07, 6.45) is 6.72. The molecule has 2 heterocycles. The van der Waals surface area contributed by atoms with E-state index >= 15 is 0 Å². The minimum Gasteiger partial charge on any atom is -0.324 e. The first kappa shape index (κ1) is 14.6. The van der Waals surface area contributed by atoms with Crippen molar-refractivity contribution in [1.82, 2.24) is 14.5 Å². The zero-order valence-electron chi connectivity index (χ0n) is 13.9. The third-order valence-electron chi connectivity index (χ3n) is 5.73. The summed E-state index contributed by atoms with van der Waals surface area (Å²) in [5.74, 6) is 1.93. The Bertz CT molecular complexity index is 982. The summed E-state index contributed by atoms with van der Waals surface area (Å²) in [6, 6.07) is 13.6. The molecule has 0 amide bonds. The zero-order valence-corrected chi connectivity index (χ0v) is 13.9. The van der Waals surface area contributed by atoms with Gasteiger partial charge in [-0.3, -0.25) is 9.36 Å². The number of hydrogen-bond donors (Lipinski definition) is 1. The molecule has 2 bridgehead atoms. The fourth-order valence-corrected chi connectivity index (χ4v) is 4.60. The van der Waals surface area contributed by atoms with Gasteiger partial charge in [-0.2, -0.15) is 4.98 Å². The van der Waals surface area contributed by atoms with Crippen LogP contribution in [0.5, 0.6) is 0 Å². The van der Waals surface area contributed by atoms with Gasteiger partial charge in [0, 0.05) is 29.4 Å². The molecule has 2 fully saturated rings. The quantitative estimate of drug-likeness (QED) is 0.790. The number of pyridine rings is 1. The molecule has 5 heteroatoms. The first-order chi connectivity index (χ1) is 12.3. The summed E-state index contributed by atoms with van der Waals surface area (Å²) in [5.41, 5.74) is 1.74. The van der Waals surface area contributed by atoms with Gasteiger partial charge in [-0.1, -0.05) is 24.6 Å². The number of para-hydroxylation sites is 1. The summed E-state index contributed by atoms with van der Waals surface area (Å²) in [7, 11) is 0. The Morgan fingerprint density at radius 3 is 2.68 bits per heavy atom. The predicted octanol–water partition coefficient (Wildman–Crippen LogP) is 3.90. The molecule has 3 atom stereocenters. The van der Waals surface area contributed by atoms with E-state index in [4.69, 9.17) is 4.98 Å². The van der Waals surface area contributed by atoms with Crippen LogP contribution >= 0.6 is 0 Å². The van der Waals surface area contributed by atoms with E-state index in [0.717, 1.165) is 29.1 Å². The van der Waals surface area contributed by atoms with E-state index in [-0.39, 0.29) is 11.6 Å². The number of rotatable bonds is 3. The van der Waals surface area contributed by atoms with Crippen molar-refractivity contribution < 1.29 is 0 Å². The molecule has 2 aromatic heterocycles. The largest absolute Gasteiger partial charge is 0.324 e. The van der Waals surface area contributed by atoms with Crippen LogP contribution < -0.4 is 10.9 Å². The topological polar surface area (TPSA) is 59.8 Å². The van der Waals surface area contributed by atoms with Crippen molar-refractivity contribution in [1.29, 1.82) is 0 Å². The van der Waals surface area contributed by atoms with Gasteiger partial charge in [-0.05, 0) is 49.3 Å². The molecule has 0 unspecified atom stereocenters. The van der Waals surface area contributed by atoms with Gasteiger partial charge in [-0.15, -0.1) is 0 Å². The monoisotopic (exact) mass is 332 g/mol. The average molecular weight is 332 g/mol. The van der Waals surface area contributed by atoms with Crippen LogP contribution in [0.3, 0.4) is 0 Å². The van der Waals surface area contributed by atoms with Crippen LogP contribution in [0, 0.1) is 11.8 Å². The second-order valence-corrected chi connectivity index (χ2v) is 7.25. The predicted molar refractivity (Wildman–Crippen MR) is 98.0 cm³/mol. The lowest BCUT2D eigenvalue weighted by Crippen LogP contribution is -2.28. The molecule has 126 valence electrons. The van der Waals surface area contributed by atoms with Gasteiger partial charge in [0.1, 0.15) is 5.65 Å². The highest BCUT2D eigenvalue weighted by atomic mass is 16.1. The van der Waals surface area contributed by atoms with Crippen molar-refractivity contribution in [3.05, 3.63) is 59.0 Å². The summed E-state index contributed by atoms with van der Waals surface area (Å²) >= 11 is 0. The van der Waals surface area contributed by atoms with Crippen LogP contribution in [0.4, 0.5) is 11.6 Å². The minimum absolute atomic E-state index is 0.0504. The molecule has 0 saturated heterocycles. The molecular formula is C20H20N4O. The second-order valence-electron chi connectivity index (χ2n) is 7.25. The van der Waals surface area contributed by atoms with Gasteiger partial charge in [0.2, 0.25) is 5.95 Å². The van der Waals surface area contributed by atoms with Crippen molar-refractivity contribution in [3.63, 3.8) is 0 Å². The number of nitrogens with zero attached hydrogens (tertiary/aromatic N) is 3. The van der Waals surface area contributed by atoms with Crippen LogP contribution in [-0.4, -0.2) is 14.5 Å². The molecule has 0 radical (unpaired) electrons. The normalized spacial score (nSPS) is 24.7. The van der Waals surface area contributed by atoms with E-state index in [1.807, 2.05) is 41.0 Å². The Labute approximate surface area is 145 Å². The highest BCUT2D eigenvalue weighted by molar-refractivity contribution is 5.75. The molecule has 3 aromatic rings. The lowest BCUT2D eigenvalue weighted by atomic mass is 9.95. The molecule has 5 nitrogen and oxygen atoms in total. The highest BCUT2D eigenvalue weighted by Crippen LogP contribution is 2.50. The molecule has 0 spiro atoms. The smallest absolute Gasteiger partial charge is 0.252 e. The maximum absolute atomic E-state index is 12.6. The van der Waals surface area contributed by atoms with E-state index in [9.17, 15) is 4.79 Å². The molecule has 1 N–H and O–H groups in total. The molecule has 5 rings (SSSR count). The molecule has 25 heavy (non-hydrogen) atoms. The van der Waals surface area contributed by atoms with Crippen LogP contribution in [0.1, 0.15) is 31.7 Å². The minimum atomic E-state index is 0.0504. The summed E-state index contributed by atoms with van der Waals surface area (Å²) in [6.45, 7) is 0. The van der Waals surface area contributed by atoms with Crippen molar-refractivity contribution in [2.24, 2.45) is 11.8 Å². The first-order valence-corrected chi connectivity index (χ1v) is 8.98. The third kappa shape index (κ3) is 2.51. The molecule has 2 aliphatic rings. The SMILES string of the molecule is O=c1ccc2cnc(Nc3ccccc3)nc2n1[C@H]1C[C@H]2CC[C@@H]1C2. The maximum atomic E-state index is 12.6. The number of benzene rings is 1. The number of anilines is 2. The third-order valence-corrected chi connectivity index (χ3v) is 5.73. The number of hydrogen-bond acceptors (Lipinski definition) is 4. The lowest BCUT2D eigenvalue weighted by molar-refractivity contribution is 0.329. The van der Waals surface area contributed by atoms with E-state index in [1.54, 1.807) is 12.3 Å². The van der Waals surface area contributed by atoms with Crippen LogP contribution in [0.15, 0.2) is 53.5 Å². The summed E-state index contributed by atoms with van der Waals surface area (Å²) in [5, 5.41) is 4.15. The van der Waals surface area contributed by atoms with E-state index in [0.29, 0.717) is 11.9 Å². The van der Waals surface area contributed by atoms with Crippen molar-refractivity contribution in [2.75, 3.05) is 5.32 Å². The van der Waals surface area contributed by atoms with Gasteiger partial charge in [0.05, 0.1) is 0 Å². The Balaban J connectivity index is 1.60. The van der Waals surface area contributed by atoms with Crippen LogP contribution in [0.25, 0.3) is 11.0 Å². The van der Waals surface area contributed by atoms with Crippen molar-refractivity contribution in [2.45, 2.75) is 31.7 Å². The average Bonchev–Trinajstić information content (AvgIpc) is 3.26. The van der Waals surface area contributed by atoms with Gasteiger partial charge in [0.15, 0.2) is 0 Å². The van der Waals surface area contributed by atoms with Crippen molar-refractivity contribution in [3.8, 4) is 0 Å². The van der Waals surface area contributed by atoms with Crippen LogP contribution in [-0.2, 0) is 0 Å². The standard InChI is InChI=1S/C20H20N4O/c25-18-9-8-15-12-21-20(22-16-4-2-1-3-5-16)23-19(15)24(18)17-11-13-6-7-14(17)10-13/h1-5,8-9,12-14,17H,6-7,10-11H2,(H,21,22,23)/t13-,14+,17-/m0/s1. The van der Waals surface area contributed by atoms with E-state index in [1.165, 1.54) is 19.3 Å². The highest BCUT2D eigenvalue weighted by Gasteiger charge is 2.41. The fourth-order valence-electron chi connectivity index (χ4n) is 4.60. The molecule has 2 saturated carbocycles. The number of aromatic nitrogens is 3.